The summed E-state index contributed by atoms with van der Waals surface area (Å²) in [5.41, 5.74) is -4.01. The van der Waals surface area contributed by atoms with Gasteiger partial charge in [0, 0.05) is 11.8 Å². The average molecular weight is 317 g/mol. The maximum absolute atomic E-state index is 13.0. The van der Waals surface area contributed by atoms with Gasteiger partial charge in [-0.05, 0) is 19.8 Å². The molecule has 3 fully saturated rings. The Balaban J connectivity index is 1.67. The van der Waals surface area contributed by atoms with E-state index in [0.29, 0.717) is 19.3 Å². The molecule has 0 radical (unpaired) electrons. The molecule has 0 amide bonds. The molecule has 0 N–H and O–H groups in total. The fourth-order valence-corrected chi connectivity index (χ4v) is 4.48. The van der Waals surface area contributed by atoms with E-state index in [1.165, 1.54) is 0 Å². The van der Waals surface area contributed by atoms with E-state index < -0.39 is 34.1 Å². The van der Waals surface area contributed by atoms with Gasteiger partial charge in [0.05, 0.1) is 11.5 Å². The molecule has 122 valence electrons. The summed E-state index contributed by atoms with van der Waals surface area (Å²) >= 11 is 0. The van der Waals surface area contributed by atoms with Crippen LogP contribution in [0.25, 0.3) is 0 Å². The normalized spacial score (nSPS) is 48.3. The Morgan fingerprint density at radius 2 is 2.09 bits per heavy atom. The van der Waals surface area contributed by atoms with E-state index in [1.807, 2.05) is 26.8 Å². The number of hydrogen-bond acceptors (Lipinski definition) is 6. The zero-order valence-corrected chi connectivity index (χ0v) is 13.4. The standard InChI is InChI=1S/C17H19NO5/c1-14(2)15(3)6-7-17(14,23-12(15)19)13(20)22-16(9-18)8-10-4-5-11(16)21-10/h4-5,10-11H,6-8H2,1-3H3/t10-,11+,15-,16-,17+/m0/s1. The Morgan fingerprint density at radius 3 is 2.52 bits per heavy atom. The van der Waals surface area contributed by atoms with Gasteiger partial charge >= 0.3 is 11.9 Å². The topological polar surface area (TPSA) is 85.6 Å². The predicted octanol–water partition coefficient (Wildman–Crippen LogP) is 1.64. The van der Waals surface area contributed by atoms with Crippen LogP contribution in [0.2, 0.25) is 0 Å². The minimum absolute atomic E-state index is 0.196. The highest BCUT2D eigenvalue weighted by molar-refractivity contribution is 5.94. The highest BCUT2D eigenvalue weighted by Gasteiger charge is 2.77. The molecular weight excluding hydrogens is 298 g/mol. The van der Waals surface area contributed by atoms with Crippen molar-refractivity contribution in [3.8, 4) is 6.07 Å². The number of hydrogen-bond donors (Lipinski definition) is 0. The van der Waals surface area contributed by atoms with Crippen molar-refractivity contribution in [3.05, 3.63) is 12.2 Å². The van der Waals surface area contributed by atoms with Crippen LogP contribution >= 0.6 is 0 Å². The molecule has 3 aliphatic heterocycles. The Morgan fingerprint density at radius 1 is 1.35 bits per heavy atom. The number of carbonyl (C=O) groups is 2. The number of carbonyl (C=O) groups excluding carboxylic acids is 2. The molecule has 23 heavy (non-hydrogen) atoms. The fraction of sp³-hybridized carbons (Fsp3) is 0.706. The molecule has 0 aromatic heterocycles. The zero-order chi connectivity index (χ0) is 16.7. The summed E-state index contributed by atoms with van der Waals surface area (Å²) < 4.78 is 16.8. The Hall–Kier alpha value is -1.87. The Bertz CT molecular complexity index is 692. The van der Waals surface area contributed by atoms with E-state index in [2.05, 4.69) is 6.07 Å². The second kappa shape index (κ2) is 3.96. The third kappa shape index (κ3) is 1.43. The molecule has 5 atom stereocenters. The summed E-state index contributed by atoms with van der Waals surface area (Å²) in [6.45, 7) is 5.56. The van der Waals surface area contributed by atoms with Crippen molar-refractivity contribution in [1.82, 2.24) is 0 Å². The number of fused-ring (bicyclic) bond motifs is 4. The van der Waals surface area contributed by atoms with Gasteiger partial charge in [0.15, 0.2) is 0 Å². The first-order chi connectivity index (χ1) is 10.7. The van der Waals surface area contributed by atoms with Crippen LogP contribution in [-0.2, 0) is 23.8 Å². The monoisotopic (exact) mass is 317 g/mol. The van der Waals surface area contributed by atoms with Crippen molar-refractivity contribution in [3.63, 3.8) is 0 Å². The predicted molar refractivity (Wildman–Crippen MR) is 76.8 cm³/mol. The van der Waals surface area contributed by atoms with Crippen molar-refractivity contribution < 1.29 is 23.8 Å². The van der Waals surface area contributed by atoms with Gasteiger partial charge in [0.2, 0.25) is 11.2 Å². The average Bonchev–Trinajstić information content (AvgIpc) is 3.18. The number of rotatable bonds is 2. The molecule has 1 saturated carbocycles. The van der Waals surface area contributed by atoms with E-state index in [1.54, 1.807) is 6.08 Å². The van der Waals surface area contributed by atoms with Gasteiger partial charge in [-0.3, -0.25) is 4.79 Å². The summed E-state index contributed by atoms with van der Waals surface area (Å²) in [6, 6.07) is 2.11. The van der Waals surface area contributed by atoms with Gasteiger partial charge < -0.3 is 14.2 Å². The maximum atomic E-state index is 13.0. The van der Waals surface area contributed by atoms with E-state index >= 15 is 0 Å². The molecule has 4 bridgehead atoms. The molecule has 0 aromatic rings. The van der Waals surface area contributed by atoms with Gasteiger partial charge in [0.25, 0.3) is 0 Å². The first-order valence-corrected chi connectivity index (χ1v) is 7.93. The molecule has 2 saturated heterocycles. The largest absolute Gasteiger partial charge is 0.446 e. The molecule has 3 heterocycles. The Labute approximate surface area is 134 Å². The van der Waals surface area contributed by atoms with E-state index in [9.17, 15) is 14.9 Å². The first kappa shape index (κ1) is 14.7. The maximum Gasteiger partial charge on any atom is 0.352 e. The summed E-state index contributed by atoms with van der Waals surface area (Å²) in [4.78, 5) is 25.3. The molecule has 1 aliphatic carbocycles. The van der Waals surface area contributed by atoms with Crippen molar-refractivity contribution >= 4 is 11.9 Å². The van der Waals surface area contributed by atoms with E-state index in [4.69, 9.17) is 14.2 Å². The molecule has 4 aliphatic rings. The van der Waals surface area contributed by atoms with Gasteiger partial charge in [-0.1, -0.05) is 26.0 Å². The Kier molecular flexibility index (Phi) is 2.53. The lowest BCUT2D eigenvalue weighted by Gasteiger charge is -2.37. The van der Waals surface area contributed by atoms with Crippen LogP contribution in [0.3, 0.4) is 0 Å². The van der Waals surface area contributed by atoms with Crippen LogP contribution in [-0.4, -0.2) is 35.3 Å². The smallest absolute Gasteiger partial charge is 0.352 e. The first-order valence-electron chi connectivity index (χ1n) is 7.93. The van der Waals surface area contributed by atoms with E-state index in [-0.39, 0.29) is 12.1 Å². The van der Waals surface area contributed by atoms with Crippen LogP contribution < -0.4 is 0 Å². The fourth-order valence-electron chi connectivity index (χ4n) is 4.48. The number of esters is 2. The lowest BCUT2D eigenvalue weighted by molar-refractivity contribution is -0.192. The number of ether oxygens (including phenoxy) is 3. The number of nitriles is 1. The molecule has 4 rings (SSSR count). The molecular formula is C17H19NO5. The summed E-state index contributed by atoms with van der Waals surface area (Å²) in [7, 11) is 0. The van der Waals surface area contributed by atoms with Gasteiger partial charge in [0.1, 0.15) is 12.2 Å². The quantitative estimate of drug-likeness (QED) is 0.568. The summed E-state index contributed by atoms with van der Waals surface area (Å²) in [5.74, 6) is -0.982. The molecule has 0 unspecified atom stereocenters. The highest BCUT2D eigenvalue weighted by Crippen LogP contribution is 2.66. The minimum Gasteiger partial charge on any atom is -0.446 e. The van der Waals surface area contributed by atoms with E-state index in [0.717, 1.165) is 0 Å². The van der Waals surface area contributed by atoms with Gasteiger partial charge in [-0.15, -0.1) is 0 Å². The minimum atomic E-state index is -1.32. The van der Waals surface area contributed by atoms with Crippen molar-refractivity contribution in [1.29, 1.82) is 5.26 Å². The van der Waals surface area contributed by atoms with Crippen LogP contribution in [0.4, 0.5) is 0 Å². The van der Waals surface area contributed by atoms with Crippen molar-refractivity contribution in [2.24, 2.45) is 10.8 Å². The molecule has 6 heteroatoms. The van der Waals surface area contributed by atoms with Gasteiger partial charge in [-0.2, -0.15) is 5.26 Å². The lowest BCUT2D eigenvalue weighted by Crippen LogP contribution is -2.53. The molecule has 6 nitrogen and oxygen atoms in total. The highest BCUT2D eigenvalue weighted by atomic mass is 16.6. The van der Waals surface area contributed by atoms with Crippen molar-refractivity contribution in [2.45, 2.75) is 63.4 Å². The van der Waals surface area contributed by atoms with Crippen LogP contribution in [0.5, 0.6) is 0 Å². The van der Waals surface area contributed by atoms with Crippen LogP contribution in [0.15, 0.2) is 12.2 Å². The third-order valence-corrected chi connectivity index (χ3v) is 6.66. The second-order valence-corrected chi connectivity index (χ2v) is 7.75. The number of nitrogens with zero attached hydrogens (tertiary/aromatic N) is 1. The lowest BCUT2D eigenvalue weighted by atomic mass is 9.66. The molecule has 0 spiro atoms. The van der Waals surface area contributed by atoms with Gasteiger partial charge in [-0.25, -0.2) is 4.79 Å². The van der Waals surface area contributed by atoms with Crippen LogP contribution in [0.1, 0.15) is 40.0 Å². The molecule has 0 aromatic carbocycles. The second-order valence-electron chi connectivity index (χ2n) is 7.75. The summed E-state index contributed by atoms with van der Waals surface area (Å²) in [6.07, 6.45) is 4.20. The van der Waals surface area contributed by atoms with Crippen molar-refractivity contribution in [2.75, 3.05) is 0 Å². The zero-order valence-electron chi connectivity index (χ0n) is 13.4. The van der Waals surface area contributed by atoms with Crippen LogP contribution in [0, 0.1) is 22.2 Å². The summed E-state index contributed by atoms with van der Waals surface area (Å²) in [5, 5.41) is 9.58. The third-order valence-electron chi connectivity index (χ3n) is 6.66. The SMILES string of the molecule is CC1(C)[C@@]2(C)CC[C@]1(C(=O)O[C@]1(C#N)C[C@@H]3C=C[C@H]1O3)OC2=O.